The molecule has 0 aliphatic rings. The number of hydrogen-bond acceptors (Lipinski definition) is 2. The zero-order valence-corrected chi connectivity index (χ0v) is 9.94. The third-order valence-corrected chi connectivity index (χ3v) is 2.51. The van der Waals surface area contributed by atoms with Crippen molar-refractivity contribution < 1.29 is 2.74 Å². The van der Waals surface area contributed by atoms with Gasteiger partial charge in [-0.2, -0.15) is 0 Å². The predicted molar refractivity (Wildman–Crippen MR) is 65.0 cm³/mol. The van der Waals surface area contributed by atoms with Crippen LogP contribution in [0.5, 0.6) is 0 Å². The van der Waals surface area contributed by atoms with Crippen molar-refractivity contribution >= 4 is 11.6 Å². The molecule has 0 fully saturated rings. The SMILES string of the molecule is [2H]C([2H])(Cl)c1cccnc1-n1ccnc1C(C)C. The third kappa shape index (κ3) is 1.95. The Morgan fingerprint density at radius 2 is 2.25 bits per heavy atom. The van der Waals surface area contributed by atoms with Gasteiger partial charge in [0.15, 0.2) is 0 Å². The van der Waals surface area contributed by atoms with Gasteiger partial charge < -0.3 is 0 Å². The third-order valence-electron chi connectivity index (χ3n) is 2.30. The molecule has 2 heterocycles. The summed E-state index contributed by atoms with van der Waals surface area (Å²) in [7, 11) is 0. The van der Waals surface area contributed by atoms with Crippen LogP contribution in [0.15, 0.2) is 30.7 Å². The number of aromatic nitrogens is 3. The monoisotopic (exact) mass is 237 g/mol. The van der Waals surface area contributed by atoms with E-state index in [-0.39, 0.29) is 5.92 Å². The summed E-state index contributed by atoms with van der Waals surface area (Å²) in [5.41, 5.74) is 0.339. The molecule has 2 aromatic rings. The summed E-state index contributed by atoms with van der Waals surface area (Å²) < 4.78 is 17.1. The van der Waals surface area contributed by atoms with Crippen molar-refractivity contribution in [3.8, 4) is 5.82 Å². The first-order valence-electron chi connectivity index (χ1n) is 6.09. The normalized spacial score (nSPS) is 13.8. The van der Waals surface area contributed by atoms with Crippen LogP contribution in [0.25, 0.3) is 5.82 Å². The second kappa shape index (κ2) is 4.66. The van der Waals surface area contributed by atoms with Crippen LogP contribution in [0.1, 0.15) is 33.9 Å². The van der Waals surface area contributed by atoms with E-state index in [0.29, 0.717) is 11.4 Å². The Kier molecular flexibility index (Phi) is 2.55. The maximum absolute atomic E-state index is 7.65. The lowest BCUT2D eigenvalue weighted by Gasteiger charge is -2.11. The number of nitrogens with zero attached hydrogens (tertiary/aromatic N) is 3. The standard InChI is InChI=1S/C12H14ClN3/c1-9(2)11-15-6-7-16(11)12-10(8-13)4-3-5-14-12/h3-7,9H,8H2,1-2H3/i8D2. The van der Waals surface area contributed by atoms with Crippen LogP contribution in [-0.4, -0.2) is 14.5 Å². The van der Waals surface area contributed by atoms with Gasteiger partial charge in [-0.1, -0.05) is 19.9 Å². The van der Waals surface area contributed by atoms with Crippen LogP contribution in [-0.2, 0) is 5.83 Å². The van der Waals surface area contributed by atoms with Crippen LogP contribution in [0.2, 0.25) is 0 Å². The highest BCUT2D eigenvalue weighted by Gasteiger charge is 2.12. The van der Waals surface area contributed by atoms with Gasteiger partial charge >= 0.3 is 0 Å². The molecule has 4 heteroatoms. The van der Waals surface area contributed by atoms with Gasteiger partial charge in [-0.25, -0.2) is 9.97 Å². The fourth-order valence-corrected chi connectivity index (χ4v) is 1.73. The van der Waals surface area contributed by atoms with Crippen LogP contribution in [0, 0.1) is 0 Å². The summed E-state index contributed by atoms with van der Waals surface area (Å²) in [6.45, 7) is 4.05. The molecule has 0 aliphatic heterocycles. The zero-order valence-electron chi connectivity index (χ0n) is 11.2. The first kappa shape index (κ1) is 8.76. The predicted octanol–water partition coefficient (Wildman–Crippen LogP) is 3.13. The van der Waals surface area contributed by atoms with Gasteiger partial charge in [0, 0.05) is 32.8 Å². The van der Waals surface area contributed by atoms with Gasteiger partial charge in [-0.05, 0) is 6.07 Å². The molecular weight excluding hydrogens is 222 g/mol. The summed E-state index contributed by atoms with van der Waals surface area (Å²) in [4.78, 5) is 8.50. The smallest absolute Gasteiger partial charge is 0.142 e. The minimum atomic E-state index is -1.96. The van der Waals surface area contributed by atoms with Gasteiger partial charge in [0.2, 0.25) is 0 Å². The number of rotatable bonds is 3. The molecule has 0 saturated carbocycles. The first-order valence-corrected chi connectivity index (χ1v) is 5.47. The maximum atomic E-state index is 7.65. The number of hydrogen-bond donors (Lipinski definition) is 0. The van der Waals surface area contributed by atoms with Crippen molar-refractivity contribution in [2.75, 3.05) is 0 Å². The minimum Gasteiger partial charge on any atom is -0.287 e. The lowest BCUT2D eigenvalue weighted by atomic mass is 10.2. The van der Waals surface area contributed by atoms with E-state index in [9.17, 15) is 0 Å². The Hall–Kier alpha value is -1.35. The summed E-state index contributed by atoms with van der Waals surface area (Å²) >= 11 is 5.77. The lowest BCUT2D eigenvalue weighted by Crippen LogP contribution is -2.06. The van der Waals surface area contributed by atoms with E-state index < -0.39 is 5.83 Å². The molecule has 16 heavy (non-hydrogen) atoms. The van der Waals surface area contributed by atoms with E-state index in [1.807, 2.05) is 13.8 Å². The van der Waals surface area contributed by atoms with Crippen molar-refractivity contribution in [3.05, 3.63) is 42.1 Å². The van der Waals surface area contributed by atoms with E-state index in [4.69, 9.17) is 14.3 Å². The maximum Gasteiger partial charge on any atom is 0.142 e. The highest BCUT2D eigenvalue weighted by Crippen LogP contribution is 2.19. The molecule has 0 aromatic carbocycles. The molecule has 84 valence electrons. The summed E-state index contributed by atoms with van der Waals surface area (Å²) in [5, 5.41) is 0. The molecule has 0 N–H and O–H groups in total. The largest absolute Gasteiger partial charge is 0.287 e. The molecule has 2 rings (SSSR count). The van der Waals surface area contributed by atoms with Crippen molar-refractivity contribution in [1.29, 1.82) is 0 Å². The summed E-state index contributed by atoms with van der Waals surface area (Å²) in [5.74, 6) is -0.423. The molecule has 0 amide bonds. The van der Waals surface area contributed by atoms with Gasteiger partial charge in [-0.3, -0.25) is 4.57 Å². The number of alkyl halides is 1. The van der Waals surface area contributed by atoms with Gasteiger partial charge in [-0.15, -0.1) is 11.6 Å². The van der Waals surface area contributed by atoms with Gasteiger partial charge in [0.25, 0.3) is 0 Å². The molecule has 0 atom stereocenters. The Bertz CT molecular complexity index is 546. The second-order valence-corrected chi connectivity index (χ2v) is 3.97. The molecule has 3 nitrogen and oxygen atoms in total. The van der Waals surface area contributed by atoms with Crippen LogP contribution in [0.4, 0.5) is 0 Å². The molecule has 0 spiro atoms. The van der Waals surface area contributed by atoms with Crippen LogP contribution >= 0.6 is 11.6 Å². The quantitative estimate of drug-likeness (QED) is 0.768. The molecule has 0 unspecified atom stereocenters. The van der Waals surface area contributed by atoms with E-state index in [0.717, 1.165) is 5.82 Å². The van der Waals surface area contributed by atoms with E-state index in [2.05, 4.69) is 9.97 Å². The average molecular weight is 238 g/mol. The highest BCUT2D eigenvalue weighted by molar-refractivity contribution is 6.17. The van der Waals surface area contributed by atoms with Crippen LogP contribution in [0.3, 0.4) is 0 Å². The number of imidazole rings is 1. The van der Waals surface area contributed by atoms with E-state index >= 15 is 0 Å². The van der Waals surface area contributed by atoms with Crippen molar-refractivity contribution in [2.45, 2.75) is 25.6 Å². The molecule has 2 aromatic heterocycles. The molecule has 0 saturated heterocycles. The Labute approximate surface area is 103 Å². The van der Waals surface area contributed by atoms with Gasteiger partial charge in [0.05, 0.1) is 5.83 Å². The Morgan fingerprint density at radius 3 is 2.94 bits per heavy atom. The van der Waals surface area contributed by atoms with Crippen molar-refractivity contribution in [3.63, 3.8) is 0 Å². The lowest BCUT2D eigenvalue weighted by molar-refractivity contribution is 0.741. The minimum absolute atomic E-state index is 0.219. The second-order valence-electron chi connectivity index (χ2n) is 3.78. The molecule has 0 aliphatic carbocycles. The van der Waals surface area contributed by atoms with E-state index in [1.54, 1.807) is 35.3 Å². The number of pyridine rings is 1. The summed E-state index contributed by atoms with van der Waals surface area (Å²) in [6, 6.07) is 3.31. The number of halogens is 1. The van der Waals surface area contributed by atoms with Crippen molar-refractivity contribution in [1.82, 2.24) is 14.5 Å². The molecule has 0 radical (unpaired) electrons. The molecular formula is C12H14ClN3. The fraction of sp³-hybridized carbons (Fsp3) is 0.333. The summed E-state index contributed by atoms with van der Waals surface area (Å²) in [6.07, 6.45) is 5.06. The fourth-order valence-electron chi connectivity index (χ4n) is 1.58. The van der Waals surface area contributed by atoms with E-state index in [1.165, 1.54) is 0 Å². The first-order chi connectivity index (χ1) is 8.41. The van der Waals surface area contributed by atoms with Gasteiger partial charge in [0.1, 0.15) is 11.6 Å². The topological polar surface area (TPSA) is 30.7 Å². The van der Waals surface area contributed by atoms with Crippen LogP contribution < -0.4 is 0 Å². The zero-order chi connectivity index (χ0) is 13.3. The average Bonchev–Trinajstić information content (AvgIpc) is 2.76. The van der Waals surface area contributed by atoms with Crippen molar-refractivity contribution in [2.24, 2.45) is 0 Å². The Morgan fingerprint density at radius 1 is 1.44 bits per heavy atom. The highest BCUT2D eigenvalue weighted by atomic mass is 35.5. The Balaban J connectivity index is 2.61. The molecule has 0 bridgehead atoms.